The fraction of sp³-hybridized carbons (Fsp3) is 0.190. The lowest BCUT2D eigenvalue weighted by atomic mass is 10.1. The molecule has 142 valence electrons. The van der Waals surface area contributed by atoms with Crippen LogP contribution in [-0.2, 0) is 6.54 Å². The quantitative estimate of drug-likeness (QED) is 0.706. The van der Waals surface area contributed by atoms with Crippen molar-refractivity contribution >= 4 is 17.4 Å². The number of aromatic nitrogens is 2. The summed E-state index contributed by atoms with van der Waals surface area (Å²) in [5.74, 6) is 1.79. The molecule has 0 atom stereocenters. The topological polar surface area (TPSA) is 85.4 Å². The highest BCUT2D eigenvalue weighted by Crippen LogP contribution is 2.32. The van der Waals surface area contributed by atoms with Crippen LogP contribution >= 0.6 is 0 Å². The van der Waals surface area contributed by atoms with Crippen LogP contribution in [0.15, 0.2) is 48.8 Å². The molecule has 1 aromatic heterocycles. The van der Waals surface area contributed by atoms with E-state index in [4.69, 9.17) is 9.47 Å². The molecular formula is C21H20N4O3. The van der Waals surface area contributed by atoms with Crippen molar-refractivity contribution in [3.63, 3.8) is 0 Å². The summed E-state index contributed by atoms with van der Waals surface area (Å²) in [6, 6.07) is 11.7. The van der Waals surface area contributed by atoms with Crippen molar-refractivity contribution in [3.8, 4) is 11.5 Å². The van der Waals surface area contributed by atoms with E-state index < -0.39 is 0 Å². The number of fused-ring (bicyclic) bond motifs is 1. The van der Waals surface area contributed by atoms with Gasteiger partial charge in [0.2, 0.25) is 6.79 Å². The summed E-state index contributed by atoms with van der Waals surface area (Å²) >= 11 is 0. The van der Waals surface area contributed by atoms with Gasteiger partial charge >= 0.3 is 0 Å². The molecule has 1 amide bonds. The number of nitrogens with one attached hydrogen (secondary N) is 2. The van der Waals surface area contributed by atoms with Crippen LogP contribution in [-0.4, -0.2) is 22.7 Å². The Morgan fingerprint density at radius 2 is 1.89 bits per heavy atom. The van der Waals surface area contributed by atoms with Gasteiger partial charge in [-0.1, -0.05) is 18.2 Å². The van der Waals surface area contributed by atoms with E-state index in [0.29, 0.717) is 12.4 Å². The lowest BCUT2D eigenvalue weighted by molar-refractivity contribution is 0.102. The van der Waals surface area contributed by atoms with Gasteiger partial charge in [-0.25, -0.2) is 9.97 Å². The van der Waals surface area contributed by atoms with Crippen LogP contribution in [0.5, 0.6) is 11.5 Å². The fourth-order valence-corrected chi connectivity index (χ4v) is 2.84. The Hall–Kier alpha value is -3.61. The first-order valence-corrected chi connectivity index (χ1v) is 8.91. The van der Waals surface area contributed by atoms with Gasteiger partial charge in [0.1, 0.15) is 11.5 Å². The van der Waals surface area contributed by atoms with E-state index in [9.17, 15) is 4.79 Å². The third kappa shape index (κ3) is 3.88. The van der Waals surface area contributed by atoms with Gasteiger partial charge < -0.3 is 20.1 Å². The summed E-state index contributed by atoms with van der Waals surface area (Å²) in [5.41, 5.74) is 4.14. The van der Waals surface area contributed by atoms with Crippen LogP contribution in [0.2, 0.25) is 0 Å². The Morgan fingerprint density at radius 3 is 2.71 bits per heavy atom. The van der Waals surface area contributed by atoms with E-state index in [-0.39, 0.29) is 18.4 Å². The van der Waals surface area contributed by atoms with Crippen molar-refractivity contribution in [1.29, 1.82) is 0 Å². The molecule has 28 heavy (non-hydrogen) atoms. The largest absolute Gasteiger partial charge is 0.454 e. The zero-order valence-electron chi connectivity index (χ0n) is 15.7. The first-order valence-electron chi connectivity index (χ1n) is 8.91. The van der Waals surface area contributed by atoms with Gasteiger partial charge in [0.25, 0.3) is 5.91 Å². The highest BCUT2D eigenvalue weighted by Gasteiger charge is 2.13. The number of aryl methyl sites for hydroxylation is 2. The molecule has 0 unspecified atom stereocenters. The van der Waals surface area contributed by atoms with Crippen LogP contribution in [0.1, 0.15) is 27.2 Å². The van der Waals surface area contributed by atoms with Crippen LogP contribution in [0, 0.1) is 13.8 Å². The molecule has 0 saturated heterocycles. The maximum atomic E-state index is 12.4. The predicted octanol–water partition coefficient (Wildman–Crippen LogP) is 3.69. The van der Waals surface area contributed by atoms with Gasteiger partial charge in [-0.05, 0) is 48.7 Å². The normalized spacial score (nSPS) is 11.9. The minimum absolute atomic E-state index is 0.253. The highest BCUT2D eigenvalue weighted by molar-refractivity contribution is 6.03. The molecule has 0 aliphatic carbocycles. The fourth-order valence-electron chi connectivity index (χ4n) is 2.84. The lowest BCUT2D eigenvalue weighted by Crippen LogP contribution is -2.15. The van der Waals surface area contributed by atoms with E-state index in [1.807, 2.05) is 50.2 Å². The Labute approximate surface area is 162 Å². The van der Waals surface area contributed by atoms with Crippen molar-refractivity contribution in [3.05, 3.63) is 71.2 Å². The summed E-state index contributed by atoms with van der Waals surface area (Å²) in [4.78, 5) is 20.9. The maximum absolute atomic E-state index is 12.4. The second-order valence-electron chi connectivity index (χ2n) is 6.60. The van der Waals surface area contributed by atoms with Gasteiger partial charge in [-0.3, -0.25) is 4.79 Å². The monoisotopic (exact) mass is 376 g/mol. The SMILES string of the molecule is Cc1ccc(C)c(NC(=O)c2cnc(NCc3ccc4c(c3)OCO4)cn2)c1. The molecule has 0 fully saturated rings. The number of amides is 1. The van der Waals surface area contributed by atoms with Crippen LogP contribution < -0.4 is 20.1 Å². The zero-order valence-corrected chi connectivity index (χ0v) is 15.7. The Morgan fingerprint density at radius 1 is 1.04 bits per heavy atom. The Balaban J connectivity index is 1.38. The summed E-state index contributed by atoms with van der Waals surface area (Å²) in [7, 11) is 0. The molecule has 7 heteroatoms. The van der Waals surface area contributed by atoms with Gasteiger partial charge in [-0.15, -0.1) is 0 Å². The number of rotatable bonds is 5. The number of carbonyl (C=O) groups is 1. The Kier molecular flexibility index (Phi) is 4.80. The molecule has 2 heterocycles. The van der Waals surface area contributed by atoms with Gasteiger partial charge in [-0.2, -0.15) is 0 Å². The minimum atomic E-state index is -0.288. The molecule has 4 rings (SSSR count). The van der Waals surface area contributed by atoms with Gasteiger partial charge in [0, 0.05) is 12.2 Å². The molecule has 3 aromatic rings. The smallest absolute Gasteiger partial charge is 0.275 e. The molecule has 7 nitrogen and oxygen atoms in total. The minimum Gasteiger partial charge on any atom is -0.454 e. The van der Waals surface area contributed by atoms with Gasteiger partial charge in [0.05, 0.1) is 12.4 Å². The third-order valence-electron chi connectivity index (χ3n) is 4.44. The maximum Gasteiger partial charge on any atom is 0.275 e. The van der Waals surface area contributed by atoms with Crippen molar-refractivity contribution in [2.75, 3.05) is 17.4 Å². The number of hydrogen-bond acceptors (Lipinski definition) is 6. The first kappa shape index (κ1) is 17.8. The average Bonchev–Trinajstić information content (AvgIpc) is 3.17. The van der Waals surface area contributed by atoms with Crippen LogP contribution in [0.25, 0.3) is 0 Å². The van der Waals surface area contributed by atoms with E-state index in [1.54, 1.807) is 6.20 Å². The number of carbonyl (C=O) groups excluding carboxylic acids is 1. The molecule has 1 aliphatic rings. The Bertz CT molecular complexity index is 1020. The standard InChI is InChI=1S/C21H20N4O3/c1-13-3-4-14(2)16(7-13)25-21(26)17-10-24-20(11-22-17)23-9-15-5-6-18-19(8-15)28-12-27-18/h3-8,10-11H,9,12H2,1-2H3,(H,23,24)(H,25,26). The van der Waals surface area contributed by atoms with E-state index in [1.165, 1.54) is 6.20 Å². The van der Waals surface area contributed by atoms with Crippen molar-refractivity contribution < 1.29 is 14.3 Å². The molecule has 0 radical (unpaired) electrons. The van der Waals surface area contributed by atoms with E-state index in [2.05, 4.69) is 20.6 Å². The average molecular weight is 376 g/mol. The number of nitrogens with zero attached hydrogens (tertiary/aromatic N) is 2. The summed E-state index contributed by atoms with van der Waals surface area (Å²) in [5, 5.41) is 6.06. The van der Waals surface area contributed by atoms with Crippen LogP contribution in [0.4, 0.5) is 11.5 Å². The van der Waals surface area contributed by atoms with E-state index in [0.717, 1.165) is 33.9 Å². The van der Waals surface area contributed by atoms with Gasteiger partial charge in [0.15, 0.2) is 11.5 Å². The molecular weight excluding hydrogens is 356 g/mol. The lowest BCUT2D eigenvalue weighted by Gasteiger charge is -2.10. The van der Waals surface area contributed by atoms with Crippen molar-refractivity contribution in [1.82, 2.24) is 9.97 Å². The molecule has 1 aliphatic heterocycles. The number of benzene rings is 2. The zero-order chi connectivity index (χ0) is 19.5. The molecule has 2 N–H and O–H groups in total. The second kappa shape index (κ2) is 7.56. The molecule has 0 bridgehead atoms. The van der Waals surface area contributed by atoms with Crippen molar-refractivity contribution in [2.45, 2.75) is 20.4 Å². The van der Waals surface area contributed by atoms with Crippen molar-refractivity contribution in [2.24, 2.45) is 0 Å². The third-order valence-corrected chi connectivity index (χ3v) is 4.44. The number of ether oxygens (including phenoxy) is 2. The molecule has 0 spiro atoms. The summed E-state index contributed by atoms with van der Waals surface area (Å²) < 4.78 is 10.7. The first-order chi connectivity index (χ1) is 13.6. The van der Waals surface area contributed by atoms with Crippen LogP contribution in [0.3, 0.4) is 0 Å². The highest BCUT2D eigenvalue weighted by atomic mass is 16.7. The number of hydrogen-bond donors (Lipinski definition) is 2. The van der Waals surface area contributed by atoms with E-state index >= 15 is 0 Å². The summed E-state index contributed by atoms with van der Waals surface area (Å²) in [6.07, 6.45) is 3.01. The predicted molar refractivity (Wildman–Crippen MR) is 106 cm³/mol. The molecule has 2 aromatic carbocycles. The molecule has 0 saturated carbocycles. The number of anilines is 2. The summed E-state index contributed by atoms with van der Waals surface area (Å²) in [6.45, 7) is 4.74. The second-order valence-corrected chi connectivity index (χ2v) is 6.60.